The van der Waals surface area contributed by atoms with Crippen molar-refractivity contribution in [3.63, 3.8) is 0 Å². The Kier molecular flexibility index (Phi) is 5.56. The standard InChI is InChI=1S/C24H25N3O2/c1-15-5-7-16(8-6-15)23-18-11-17(29-14-22(26)28)9-10-20(18)27-21(19(23)13-25)12-24(2,3)4/h5-11H,12,14H2,1-4H3,(H2,26,28). The molecule has 148 valence electrons. The smallest absolute Gasteiger partial charge is 0.255 e. The highest BCUT2D eigenvalue weighted by Crippen LogP contribution is 2.36. The summed E-state index contributed by atoms with van der Waals surface area (Å²) in [6.07, 6.45) is 0.685. The van der Waals surface area contributed by atoms with E-state index in [1.807, 2.05) is 43.3 Å². The molecule has 0 atom stereocenters. The number of pyridine rings is 1. The highest BCUT2D eigenvalue weighted by molar-refractivity contribution is 5.98. The monoisotopic (exact) mass is 387 g/mol. The van der Waals surface area contributed by atoms with Crippen molar-refractivity contribution in [1.29, 1.82) is 5.26 Å². The van der Waals surface area contributed by atoms with Gasteiger partial charge in [0.15, 0.2) is 6.61 Å². The summed E-state index contributed by atoms with van der Waals surface area (Å²) in [4.78, 5) is 15.9. The van der Waals surface area contributed by atoms with Gasteiger partial charge in [0.1, 0.15) is 11.8 Å². The van der Waals surface area contributed by atoms with E-state index in [9.17, 15) is 10.1 Å². The summed E-state index contributed by atoms with van der Waals surface area (Å²) >= 11 is 0. The zero-order valence-corrected chi connectivity index (χ0v) is 17.2. The number of benzene rings is 2. The van der Waals surface area contributed by atoms with Crippen LogP contribution >= 0.6 is 0 Å². The number of fused-ring (bicyclic) bond motifs is 1. The Labute approximate surface area is 171 Å². The Morgan fingerprint density at radius 2 is 1.86 bits per heavy atom. The van der Waals surface area contributed by atoms with Crippen LogP contribution in [0.5, 0.6) is 5.75 Å². The van der Waals surface area contributed by atoms with Gasteiger partial charge in [0, 0.05) is 10.9 Å². The lowest BCUT2D eigenvalue weighted by Crippen LogP contribution is -2.20. The van der Waals surface area contributed by atoms with Gasteiger partial charge >= 0.3 is 0 Å². The van der Waals surface area contributed by atoms with Gasteiger partial charge in [-0.05, 0) is 42.5 Å². The SMILES string of the molecule is Cc1ccc(-c2c(C#N)c(CC(C)(C)C)nc3ccc(OCC(N)=O)cc23)cc1. The number of amides is 1. The summed E-state index contributed by atoms with van der Waals surface area (Å²) in [5.41, 5.74) is 10.2. The number of hydrogen-bond donors (Lipinski definition) is 1. The van der Waals surface area contributed by atoms with E-state index in [1.54, 1.807) is 6.07 Å². The van der Waals surface area contributed by atoms with Crippen LogP contribution in [0.3, 0.4) is 0 Å². The average Bonchev–Trinajstić information content (AvgIpc) is 2.65. The van der Waals surface area contributed by atoms with Crippen LogP contribution in [0.25, 0.3) is 22.0 Å². The van der Waals surface area contributed by atoms with E-state index in [-0.39, 0.29) is 12.0 Å². The lowest BCUT2D eigenvalue weighted by molar-refractivity contribution is -0.119. The van der Waals surface area contributed by atoms with E-state index in [2.05, 4.69) is 26.8 Å². The van der Waals surface area contributed by atoms with Crippen LogP contribution in [-0.4, -0.2) is 17.5 Å². The van der Waals surface area contributed by atoms with Crippen molar-refractivity contribution >= 4 is 16.8 Å². The number of nitriles is 1. The third-order valence-corrected chi connectivity index (χ3v) is 4.56. The van der Waals surface area contributed by atoms with E-state index in [1.165, 1.54) is 0 Å². The fraction of sp³-hybridized carbons (Fsp3) is 0.292. The molecule has 3 aromatic rings. The first-order chi connectivity index (χ1) is 13.7. The molecule has 0 aliphatic heterocycles. The topological polar surface area (TPSA) is 89.0 Å². The van der Waals surface area contributed by atoms with E-state index in [0.29, 0.717) is 17.7 Å². The number of carbonyl (C=O) groups excluding carboxylic acids is 1. The van der Waals surface area contributed by atoms with Gasteiger partial charge in [-0.3, -0.25) is 9.78 Å². The Morgan fingerprint density at radius 3 is 2.45 bits per heavy atom. The lowest BCUT2D eigenvalue weighted by Gasteiger charge is -2.21. The molecule has 0 saturated heterocycles. The average molecular weight is 387 g/mol. The molecule has 2 N–H and O–H groups in total. The van der Waals surface area contributed by atoms with Gasteiger partial charge in [0.05, 0.1) is 16.8 Å². The molecule has 2 aromatic carbocycles. The number of hydrogen-bond acceptors (Lipinski definition) is 4. The van der Waals surface area contributed by atoms with Crippen molar-refractivity contribution in [3.05, 3.63) is 59.3 Å². The van der Waals surface area contributed by atoms with Crippen LogP contribution in [0.1, 0.15) is 37.6 Å². The predicted octanol–water partition coefficient (Wildman–Crippen LogP) is 4.53. The molecule has 5 nitrogen and oxygen atoms in total. The Morgan fingerprint density at radius 1 is 1.17 bits per heavy atom. The van der Waals surface area contributed by atoms with E-state index >= 15 is 0 Å². The van der Waals surface area contributed by atoms with Gasteiger partial charge in [-0.2, -0.15) is 5.26 Å². The van der Waals surface area contributed by atoms with E-state index in [0.717, 1.165) is 33.3 Å². The molecule has 0 saturated carbocycles. The molecular weight excluding hydrogens is 362 g/mol. The maximum absolute atomic E-state index is 11.1. The number of primary amides is 1. The minimum atomic E-state index is -0.541. The number of rotatable bonds is 5. The van der Waals surface area contributed by atoms with Crippen molar-refractivity contribution < 1.29 is 9.53 Å². The maximum atomic E-state index is 11.1. The number of aromatic nitrogens is 1. The van der Waals surface area contributed by atoms with Gasteiger partial charge < -0.3 is 10.5 Å². The molecule has 0 unspecified atom stereocenters. The van der Waals surface area contributed by atoms with Gasteiger partial charge in [-0.1, -0.05) is 50.6 Å². The second-order valence-corrected chi connectivity index (χ2v) is 8.46. The van der Waals surface area contributed by atoms with E-state index in [4.69, 9.17) is 15.5 Å². The van der Waals surface area contributed by atoms with Gasteiger partial charge in [-0.15, -0.1) is 0 Å². The Hall–Kier alpha value is -3.39. The van der Waals surface area contributed by atoms with Gasteiger partial charge in [-0.25, -0.2) is 0 Å². The fourth-order valence-corrected chi connectivity index (χ4v) is 3.31. The molecule has 0 aliphatic carbocycles. The van der Waals surface area contributed by atoms with Crippen molar-refractivity contribution in [2.24, 2.45) is 11.1 Å². The molecule has 0 aliphatic rings. The van der Waals surface area contributed by atoms with Crippen molar-refractivity contribution in [2.75, 3.05) is 6.61 Å². The van der Waals surface area contributed by atoms with Gasteiger partial charge in [0.25, 0.3) is 5.91 Å². The highest BCUT2D eigenvalue weighted by atomic mass is 16.5. The van der Waals surface area contributed by atoms with Crippen LogP contribution in [0.4, 0.5) is 0 Å². The Bertz CT molecular complexity index is 1100. The molecule has 0 spiro atoms. The number of nitrogens with two attached hydrogens (primary N) is 1. The number of carbonyl (C=O) groups is 1. The summed E-state index contributed by atoms with van der Waals surface area (Å²) in [6.45, 7) is 8.22. The second kappa shape index (κ2) is 7.92. The van der Waals surface area contributed by atoms with Crippen LogP contribution in [0.2, 0.25) is 0 Å². The summed E-state index contributed by atoms with van der Waals surface area (Å²) < 4.78 is 5.48. The van der Waals surface area contributed by atoms with Crippen LogP contribution < -0.4 is 10.5 Å². The van der Waals surface area contributed by atoms with Crippen LogP contribution in [0, 0.1) is 23.7 Å². The normalized spacial score (nSPS) is 11.3. The van der Waals surface area contributed by atoms with Crippen molar-refractivity contribution in [2.45, 2.75) is 34.1 Å². The molecule has 5 heteroatoms. The molecular formula is C24H25N3O2. The predicted molar refractivity (Wildman–Crippen MR) is 114 cm³/mol. The van der Waals surface area contributed by atoms with Crippen molar-refractivity contribution in [1.82, 2.24) is 4.98 Å². The molecule has 0 fully saturated rings. The number of nitrogens with zero attached hydrogens (tertiary/aromatic N) is 2. The molecule has 0 bridgehead atoms. The Balaban J connectivity index is 2.29. The zero-order chi connectivity index (χ0) is 21.2. The fourth-order valence-electron chi connectivity index (χ4n) is 3.31. The van der Waals surface area contributed by atoms with Crippen molar-refractivity contribution in [3.8, 4) is 22.9 Å². The summed E-state index contributed by atoms with van der Waals surface area (Å²) in [5, 5.41) is 10.8. The second-order valence-electron chi connectivity index (χ2n) is 8.46. The minimum absolute atomic E-state index is 0.0125. The quantitative estimate of drug-likeness (QED) is 0.696. The number of aryl methyl sites for hydroxylation is 1. The summed E-state index contributed by atoms with van der Waals surface area (Å²) in [6, 6.07) is 15.9. The van der Waals surface area contributed by atoms with Crippen LogP contribution in [0.15, 0.2) is 42.5 Å². The lowest BCUT2D eigenvalue weighted by atomic mass is 9.86. The molecule has 3 rings (SSSR count). The molecule has 1 amide bonds. The molecule has 1 heterocycles. The first kappa shape index (κ1) is 20.3. The van der Waals surface area contributed by atoms with Crippen LogP contribution in [-0.2, 0) is 11.2 Å². The molecule has 0 radical (unpaired) electrons. The largest absolute Gasteiger partial charge is 0.484 e. The number of ether oxygens (including phenoxy) is 1. The first-order valence-electron chi connectivity index (χ1n) is 9.53. The first-order valence-corrected chi connectivity index (χ1v) is 9.53. The summed E-state index contributed by atoms with van der Waals surface area (Å²) in [7, 11) is 0. The van der Waals surface area contributed by atoms with E-state index < -0.39 is 5.91 Å². The molecule has 1 aromatic heterocycles. The minimum Gasteiger partial charge on any atom is -0.484 e. The summed E-state index contributed by atoms with van der Waals surface area (Å²) in [5.74, 6) is -0.0286. The molecule has 29 heavy (non-hydrogen) atoms. The zero-order valence-electron chi connectivity index (χ0n) is 17.2. The third kappa shape index (κ3) is 4.72. The van der Waals surface area contributed by atoms with Gasteiger partial charge in [0.2, 0.25) is 0 Å². The highest BCUT2D eigenvalue weighted by Gasteiger charge is 2.21. The third-order valence-electron chi connectivity index (χ3n) is 4.56. The maximum Gasteiger partial charge on any atom is 0.255 e.